The zero-order chi connectivity index (χ0) is 19.2. The summed E-state index contributed by atoms with van der Waals surface area (Å²) >= 11 is 0. The number of hydrogen-bond donors (Lipinski definition) is 2. The van der Waals surface area contributed by atoms with Crippen molar-refractivity contribution in [3.8, 4) is 11.5 Å². The monoisotopic (exact) mass is 368 g/mol. The number of benzene rings is 2. The van der Waals surface area contributed by atoms with Gasteiger partial charge >= 0.3 is 0 Å². The third-order valence-corrected chi connectivity index (χ3v) is 4.14. The van der Waals surface area contributed by atoms with E-state index in [0.29, 0.717) is 41.5 Å². The van der Waals surface area contributed by atoms with Crippen molar-refractivity contribution >= 4 is 17.5 Å². The molecule has 6 heteroatoms. The molecular weight excluding hydrogens is 344 g/mol. The highest BCUT2D eigenvalue weighted by Crippen LogP contribution is 2.29. The molecule has 2 amide bonds. The Balaban J connectivity index is 1.79. The van der Waals surface area contributed by atoms with E-state index in [9.17, 15) is 9.59 Å². The van der Waals surface area contributed by atoms with Crippen LogP contribution in [0.4, 0.5) is 5.69 Å². The minimum atomic E-state index is -0.314. The normalized spacial score (nSPS) is 13.0. The zero-order valence-electron chi connectivity index (χ0n) is 15.6. The van der Waals surface area contributed by atoms with Crippen LogP contribution in [0.15, 0.2) is 42.5 Å². The summed E-state index contributed by atoms with van der Waals surface area (Å²) in [7, 11) is 0. The molecule has 3 rings (SSSR count). The Morgan fingerprint density at radius 1 is 0.963 bits per heavy atom. The number of carbonyl (C=O) groups is 2. The first-order chi connectivity index (χ1) is 13.1. The Kier molecular flexibility index (Phi) is 5.96. The van der Waals surface area contributed by atoms with Gasteiger partial charge in [0.15, 0.2) is 11.5 Å². The fourth-order valence-electron chi connectivity index (χ4n) is 2.67. The smallest absolute Gasteiger partial charge is 0.255 e. The minimum Gasteiger partial charge on any atom is -0.490 e. The number of amides is 2. The van der Waals surface area contributed by atoms with E-state index in [1.165, 1.54) is 0 Å². The summed E-state index contributed by atoms with van der Waals surface area (Å²) in [6.45, 7) is 4.74. The number of hydrogen-bond acceptors (Lipinski definition) is 4. The first-order valence-corrected chi connectivity index (χ1v) is 9.23. The number of rotatable bonds is 8. The van der Waals surface area contributed by atoms with Crippen molar-refractivity contribution in [3.63, 3.8) is 0 Å². The quantitative estimate of drug-likeness (QED) is 0.746. The largest absolute Gasteiger partial charge is 0.490 e. The van der Waals surface area contributed by atoms with Crippen LogP contribution in [-0.4, -0.2) is 31.1 Å². The zero-order valence-corrected chi connectivity index (χ0v) is 15.6. The number of para-hydroxylation sites is 1. The van der Waals surface area contributed by atoms with Crippen molar-refractivity contribution < 1.29 is 19.1 Å². The predicted molar refractivity (Wildman–Crippen MR) is 104 cm³/mol. The molecule has 142 valence electrons. The van der Waals surface area contributed by atoms with Crippen LogP contribution in [-0.2, 0) is 0 Å². The van der Waals surface area contributed by atoms with Crippen molar-refractivity contribution in [2.75, 3.05) is 18.5 Å². The Labute approximate surface area is 158 Å². The topological polar surface area (TPSA) is 76.7 Å². The lowest BCUT2D eigenvalue weighted by atomic mass is 10.1. The van der Waals surface area contributed by atoms with Crippen molar-refractivity contribution in [1.29, 1.82) is 0 Å². The summed E-state index contributed by atoms with van der Waals surface area (Å²) in [4.78, 5) is 25.1. The van der Waals surface area contributed by atoms with Crippen molar-refractivity contribution in [2.24, 2.45) is 0 Å². The molecule has 0 saturated heterocycles. The lowest BCUT2D eigenvalue weighted by Crippen LogP contribution is -2.27. The van der Waals surface area contributed by atoms with Crippen LogP contribution in [0.5, 0.6) is 11.5 Å². The molecule has 0 spiro atoms. The second-order valence-electron chi connectivity index (χ2n) is 6.27. The molecule has 2 aromatic carbocycles. The van der Waals surface area contributed by atoms with E-state index >= 15 is 0 Å². The van der Waals surface area contributed by atoms with Crippen molar-refractivity contribution in [1.82, 2.24) is 5.32 Å². The van der Waals surface area contributed by atoms with Gasteiger partial charge in [0.05, 0.1) is 24.5 Å². The van der Waals surface area contributed by atoms with Crippen LogP contribution in [0.25, 0.3) is 0 Å². The average Bonchev–Trinajstić information content (AvgIpc) is 3.48. The summed E-state index contributed by atoms with van der Waals surface area (Å²) in [6.07, 6.45) is 2.01. The maximum absolute atomic E-state index is 12.7. The maximum atomic E-state index is 12.7. The molecule has 1 saturated carbocycles. The van der Waals surface area contributed by atoms with Crippen LogP contribution >= 0.6 is 0 Å². The van der Waals surface area contributed by atoms with Gasteiger partial charge in [0.25, 0.3) is 11.8 Å². The highest BCUT2D eigenvalue weighted by molar-refractivity contribution is 6.09. The lowest BCUT2D eigenvalue weighted by Gasteiger charge is -2.14. The summed E-state index contributed by atoms with van der Waals surface area (Å²) in [5.74, 6) is 0.632. The summed E-state index contributed by atoms with van der Waals surface area (Å²) in [5, 5.41) is 5.77. The van der Waals surface area contributed by atoms with Gasteiger partial charge < -0.3 is 20.1 Å². The van der Waals surface area contributed by atoms with Gasteiger partial charge in [-0.1, -0.05) is 12.1 Å². The Hall–Kier alpha value is -3.02. The van der Waals surface area contributed by atoms with Gasteiger partial charge in [-0.25, -0.2) is 0 Å². The van der Waals surface area contributed by atoms with Crippen LogP contribution in [0.3, 0.4) is 0 Å². The molecule has 2 N–H and O–H groups in total. The van der Waals surface area contributed by atoms with Crippen LogP contribution in [0.2, 0.25) is 0 Å². The predicted octanol–water partition coefficient (Wildman–Crippen LogP) is 3.63. The average molecular weight is 368 g/mol. The third-order valence-electron chi connectivity index (χ3n) is 4.14. The van der Waals surface area contributed by atoms with Gasteiger partial charge in [-0.05, 0) is 57.0 Å². The maximum Gasteiger partial charge on any atom is 0.255 e. The molecular formula is C21H24N2O4. The van der Waals surface area contributed by atoms with Crippen molar-refractivity contribution in [2.45, 2.75) is 32.7 Å². The number of ether oxygens (including phenoxy) is 2. The summed E-state index contributed by atoms with van der Waals surface area (Å²) < 4.78 is 11.1. The van der Waals surface area contributed by atoms with Crippen LogP contribution < -0.4 is 20.1 Å². The van der Waals surface area contributed by atoms with Gasteiger partial charge in [-0.2, -0.15) is 0 Å². The molecule has 0 heterocycles. The van der Waals surface area contributed by atoms with Gasteiger partial charge in [-0.15, -0.1) is 0 Å². The Bertz CT molecular complexity index is 831. The van der Waals surface area contributed by atoms with Crippen LogP contribution in [0, 0.1) is 0 Å². The molecule has 0 bridgehead atoms. The van der Waals surface area contributed by atoms with E-state index in [4.69, 9.17) is 9.47 Å². The number of anilines is 1. The van der Waals surface area contributed by atoms with Crippen LogP contribution in [0.1, 0.15) is 47.4 Å². The van der Waals surface area contributed by atoms with E-state index in [0.717, 1.165) is 12.8 Å². The molecule has 1 fully saturated rings. The van der Waals surface area contributed by atoms with E-state index in [1.807, 2.05) is 13.8 Å². The second kappa shape index (κ2) is 8.58. The SMILES string of the molecule is CCOc1ccc(C(=O)Nc2ccccc2C(=O)NC2CC2)cc1OCC. The molecule has 1 aliphatic rings. The highest BCUT2D eigenvalue weighted by atomic mass is 16.5. The molecule has 0 unspecified atom stereocenters. The molecule has 27 heavy (non-hydrogen) atoms. The summed E-state index contributed by atoms with van der Waals surface area (Å²) in [6, 6.07) is 12.3. The molecule has 0 radical (unpaired) electrons. The van der Waals surface area contributed by atoms with E-state index in [-0.39, 0.29) is 17.9 Å². The minimum absolute atomic E-state index is 0.171. The fourth-order valence-corrected chi connectivity index (χ4v) is 2.67. The molecule has 0 aromatic heterocycles. The first kappa shape index (κ1) is 18.8. The lowest BCUT2D eigenvalue weighted by molar-refractivity contribution is 0.0952. The Morgan fingerprint density at radius 2 is 1.67 bits per heavy atom. The molecule has 6 nitrogen and oxygen atoms in total. The van der Waals surface area contributed by atoms with Crippen molar-refractivity contribution in [3.05, 3.63) is 53.6 Å². The molecule has 2 aromatic rings. The number of carbonyl (C=O) groups excluding carboxylic acids is 2. The second-order valence-corrected chi connectivity index (χ2v) is 6.27. The van der Waals surface area contributed by atoms with Gasteiger partial charge in [0.1, 0.15) is 0 Å². The Morgan fingerprint density at radius 3 is 2.37 bits per heavy atom. The molecule has 0 aliphatic heterocycles. The van der Waals surface area contributed by atoms with E-state index in [2.05, 4.69) is 10.6 Å². The van der Waals surface area contributed by atoms with Gasteiger partial charge in [0.2, 0.25) is 0 Å². The van der Waals surface area contributed by atoms with Gasteiger partial charge in [-0.3, -0.25) is 9.59 Å². The summed E-state index contributed by atoms with van der Waals surface area (Å²) in [5.41, 5.74) is 1.36. The van der Waals surface area contributed by atoms with E-state index in [1.54, 1.807) is 42.5 Å². The number of nitrogens with one attached hydrogen (secondary N) is 2. The highest BCUT2D eigenvalue weighted by Gasteiger charge is 2.25. The molecule has 1 aliphatic carbocycles. The van der Waals surface area contributed by atoms with Gasteiger partial charge in [0, 0.05) is 11.6 Å². The first-order valence-electron chi connectivity index (χ1n) is 9.23. The van der Waals surface area contributed by atoms with E-state index < -0.39 is 0 Å². The fraction of sp³-hybridized carbons (Fsp3) is 0.333. The molecule has 0 atom stereocenters. The third kappa shape index (κ3) is 4.78. The standard InChI is InChI=1S/C21H24N2O4/c1-3-26-18-12-9-14(13-19(18)27-4-2)20(24)23-17-8-6-5-7-16(17)21(25)22-15-10-11-15/h5-9,12-13,15H,3-4,10-11H2,1-2H3,(H,22,25)(H,23,24).